The lowest BCUT2D eigenvalue weighted by Gasteiger charge is -2.02. The average Bonchev–Trinajstić information content (AvgIpc) is 2.54. The van der Waals surface area contributed by atoms with Crippen LogP contribution < -0.4 is 0 Å². The second-order valence-electron chi connectivity index (χ2n) is 7.12. The first-order valence-corrected chi connectivity index (χ1v) is 9.80. The molecule has 0 bridgehead atoms. The third-order valence-electron chi connectivity index (χ3n) is 4.05. The molecule has 0 amide bonds. The van der Waals surface area contributed by atoms with Gasteiger partial charge in [0.05, 0.1) is 6.61 Å². The quantitative estimate of drug-likeness (QED) is 0.159. The lowest BCUT2D eigenvalue weighted by molar-refractivity contribution is -0.137. The predicted octanol–water partition coefficient (Wildman–Crippen LogP) is 7.25. The van der Waals surface area contributed by atoms with Crippen LogP contribution in [-0.2, 0) is 9.53 Å². The molecule has 0 aliphatic heterocycles. The van der Waals surface area contributed by atoms with Gasteiger partial charge in [0.1, 0.15) is 0 Å². The molecule has 0 aromatic rings. The Balaban J connectivity index is 4.10. The Hall–Kier alpha value is -1.83. The number of rotatable bonds is 12. The summed E-state index contributed by atoms with van der Waals surface area (Å²) in [5, 5.41) is 0. The van der Waals surface area contributed by atoms with E-state index in [1.54, 1.807) is 6.08 Å². The van der Waals surface area contributed by atoms with Crippen molar-refractivity contribution in [1.82, 2.24) is 0 Å². The average molecular weight is 359 g/mol. The van der Waals surface area contributed by atoms with Crippen molar-refractivity contribution in [3.63, 3.8) is 0 Å². The molecule has 2 nitrogen and oxygen atoms in total. The van der Waals surface area contributed by atoms with Crippen LogP contribution in [-0.4, -0.2) is 12.6 Å². The van der Waals surface area contributed by atoms with Crippen LogP contribution in [0.5, 0.6) is 0 Å². The normalized spacial score (nSPS) is 13.2. The van der Waals surface area contributed by atoms with E-state index in [0.717, 1.165) is 38.5 Å². The molecule has 146 valence electrons. The Morgan fingerprint density at radius 3 is 1.77 bits per heavy atom. The minimum Gasteiger partial charge on any atom is -0.463 e. The van der Waals surface area contributed by atoms with Gasteiger partial charge in [-0.15, -0.1) is 0 Å². The number of hydrogen-bond donors (Lipinski definition) is 0. The van der Waals surface area contributed by atoms with E-state index in [1.807, 2.05) is 13.0 Å². The SMILES string of the molecule is CCOC(=O)/C=C/C=C(\C)CC/C=C(\C)CC/C=C(\C)CCC=C(C)C. The number of allylic oxidation sites excluding steroid dienone is 9. The van der Waals surface area contributed by atoms with Gasteiger partial charge in [0.15, 0.2) is 0 Å². The van der Waals surface area contributed by atoms with E-state index in [0.29, 0.717) is 6.61 Å². The van der Waals surface area contributed by atoms with Crippen LogP contribution in [0, 0.1) is 0 Å². The van der Waals surface area contributed by atoms with Gasteiger partial charge in [0.2, 0.25) is 0 Å². The number of carbonyl (C=O) groups is 1. The highest BCUT2D eigenvalue weighted by atomic mass is 16.5. The van der Waals surface area contributed by atoms with Gasteiger partial charge in [0, 0.05) is 6.08 Å². The molecule has 0 aliphatic carbocycles. The molecule has 2 heteroatoms. The second kappa shape index (κ2) is 15.4. The summed E-state index contributed by atoms with van der Waals surface area (Å²) >= 11 is 0. The van der Waals surface area contributed by atoms with Crippen LogP contribution in [0.1, 0.15) is 80.1 Å². The van der Waals surface area contributed by atoms with Gasteiger partial charge in [-0.25, -0.2) is 4.79 Å². The van der Waals surface area contributed by atoms with Crippen molar-refractivity contribution < 1.29 is 9.53 Å². The van der Waals surface area contributed by atoms with Gasteiger partial charge >= 0.3 is 5.97 Å². The van der Waals surface area contributed by atoms with E-state index in [-0.39, 0.29) is 5.97 Å². The molecule has 0 spiro atoms. The van der Waals surface area contributed by atoms with Crippen molar-refractivity contribution in [3.8, 4) is 0 Å². The van der Waals surface area contributed by atoms with E-state index in [9.17, 15) is 4.79 Å². The molecule has 0 heterocycles. The zero-order valence-electron chi connectivity index (χ0n) is 17.7. The van der Waals surface area contributed by atoms with Gasteiger partial charge in [-0.3, -0.25) is 0 Å². The maximum Gasteiger partial charge on any atom is 0.330 e. The Labute approximate surface area is 161 Å². The first kappa shape index (κ1) is 24.2. The Morgan fingerprint density at radius 2 is 1.27 bits per heavy atom. The highest BCUT2D eigenvalue weighted by molar-refractivity contribution is 5.82. The van der Waals surface area contributed by atoms with Gasteiger partial charge in [-0.1, -0.05) is 52.7 Å². The maximum atomic E-state index is 11.2. The third-order valence-corrected chi connectivity index (χ3v) is 4.05. The molecule has 0 rings (SSSR count). The topological polar surface area (TPSA) is 26.3 Å². The van der Waals surface area contributed by atoms with Crippen molar-refractivity contribution >= 4 is 5.97 Å². The largest absolute Gasteiger partial charge is 0.463 e. The van der Waals surface area contributed by atoms with Crippen LogP contribution >= 0.6 is 0 Å². The summed E-state index contributed by atoms with van der Waals surface area (Å²) in [5.41, 5.74) is 5.61. The van der Waals surface area contributed by atoms with Crippen molar-refractivity contribution in [2.24, 2.45) is 0 Å². The molecule has 0 saturated heterocycles. The molecule has 26 heavy (non-hydrogen) atoms. The standard InChI is InChI=1S/C24H38O2/c1-7-26-24(25)19-11-18-23(6)17-10-16-22(5)15-9-14-21(4)13-8-12-20(2)3/h11-12,14,16,18-19H,7-10,13,15,17H2,1-6H3/b19-11+,21-14+,22-16+,23-18+. The molecule has 0 aliphatic rings. The monoisotopic (exact) mass is 358 g/mol. The summed E-state index contributed by atoms with van der Waals surface area (Å²) in [7, 11) is 0. The molecular weight excluding hydrogens is 320 g/mol. The lowest BCUT2D eigenvalue weighted by atomic mass is 10.0. The molecule has 0 aromatic carbocycles. The van der Waals surface area contributed by atoms with Crippen LogP contribution in [0.15, 0.2) is 58.7 Å². The lowest BCUT2D eigenvalue weighted by Crippen LogP contribution is -1.98. The van der Waals surface area contributed by atoms with E-state index >= 15 is 0 Å². The maximum absolute atomic E-state index is 11.2. The first-order chi connectivity index (χ1) is 12.3. The Morgan fingerprint density at radius 1 is 0.769 bits per heavy atom. The van der Waals surface area contributed by atoms with Crippen LogP contribution in [0.25, 0.3) is 0 Å². The van der Waals surface area contributed by atoms with Crippen LogP contribution in [0.3, 0.4) is 0 Å². The summed E-state index contributed by atoms with van der Waals surface area (Å²) in [6.45, 7) is 13.1. The first-order valence-electron chi connectivity index (χ1n) is 9.80. The van der Waals surface area contributed by atoms with Crippen molar-refractivity contribution in [3.05, 3.63) is 58.7 Å². The van der Waals surface area contributed by atoms with Crippen molar-refractivity contribution in [1.29, 1.82) is 0 Å². The molecule has 0 N–H and O–H groups in total. The molecular formula is C24H38O2. The highest BCUT2D eigenvalue weighted by Crippen LogP contribution is 2.13. The van der Waals surface area contributed by atoms with E-state index in [4.69, 9.17) is 4.74 Å². The zero-order chi connectivity index (χ0) is 19.8. The fourth-order valence-corrected chi connectivity index (χ4v) is 2.45. The van der Waals surface area contributed by atoms with Gasteiger partial charge in [-0.05, 0) is 80.1 Å². The fourth-order valence-electron chi connectivity index (χ4n) is 2.45. The molecule has 0 saturated carbocycles. The molecule has 0 fully saturated rings. The van der Waals surface area contributed by atoms with Gasteiger partial charge in [-0.2, -0.15) is 0 Å². The summed E-state index contributed by atoms with van der Waals surface area (Å²) in [4.78, 5) is 11.2. The summed E-state index contributed by atoms with van der Waals surface area (Å²) < 4.78 is 4.85. The van der Waals surface area contributed by atoms with Crippen molar-refractivity contribution in [2.75, 3.05) is 6.61 Å². The number of hydrogen-bond acceptors (Lipinski definition) is 2. The van der Waals surface area contributed by atoms with E-state index in [2.05, 4.69) is 52.8 Å². The highest BCUT2D eigenvalue weighted by Gasteiger charge is 1.94. The number of carbonyl (C=O) groups excluding carboxylic acids is 1. The minimum absolute atomic E-state index is 0.281. The fraction of sp³-hybridized carbons (Fsp3) is 0.542. The molecule has 0 atom stereocenters. The Bertz CT molecular complexity index is 553. The van der Waals surface area contributed by atoms with Gasteiger partial charge in [0.25, 0.3) is 0 Å². The number of ether oxygens (including phenoxy) is 1. The van der Waals surface area contributed by atoms with Crippen LogP contribution in [0.2, 0.25) is 0 Å². The summed E-state index contributed by atoms with van der Waals surface area (Å²) in [6, 6.07) is 0. The third kappa shape index (κ3) is 15.7. The predicted molar refractivity (Wildman–Crippen MR) is 114 cm³/mol. The minimum atomic E-state index is -0.281. The molecule has 0 radical (unpaired) electrons. The Kier molecular flexibility index (Phi) is 14.3. The molecule has 0 unspecified atom stereocenters. The molecule has 0 aromatic heterocycles. The van der Waals surface area contributed by atoms with Crippen molar-refractivity contribution in [2.45, 2.75) is 80.1 Å². The zero-order valence-corrected chi connectivity index (χ0v) is 17.7. The number of esters is 1. The van der Waals surface area contributed by atoms with E-state index < -0.39 is 0 Å². The summed E-state index contributed by atoms with van der Waals surface area (Å²) in [6.07, 6.45) is 18.9. The summed E-state index contributed by atoms with van der Waals surface area (Å²) in [5.74, 6) is -0.281. The van der Waals surface area contributed by atoms with Gasteiger partial charge < -0.3 is 4.74 Å². The van der Waals surface area contributed by atoms with Crippen LogP contribution in [0.4, 0.5) is 0 Å². The van der Waals surface area contributed by atoms with E-state index in [1.165, 1.54) is 28.4 Å². The second-order valence-corrected chi connectivity index (χ2v) is 7.12. The smallest absolute Gasteiger partial charge is 0.330 e.